The van der Waals surface area contributed by atoms with Crippen LogP contribution in [0.4, 0.5) is 0 Å². The third-order valence-electron chi connectivity index (χ3n) is 4.45. The first-order chi connectivity index (χ1) is 13.0. The molecular weight excluding hydrogens is 364 g/mol. The average molecular weight is 386 g/mol. The Morgan fingerprint density at radius 3 is 1.41 bits per heavy atom. The highest BCUT2D eigenvalue weighted by atomic mass is 32.2. The van der Waals surface area contributed by atoms with Gasteiger partial charge in [0.05, 0.1) is 0 Å². The topological polar surface area (TPSA) is 81.1 Å². The van der Waals surface area contributed by atoms with Crippen molar-refractivity contribution in [2.75, 3.05) is 37.7 Å². The Kier molecular flexibility index (Phi) is 6.24. The van der Waals surface area contributed by atoms with Crippen molar-refractivity contribution in [3.8, 4) is 11.5 Å². The molecule has 0 aromatic heterocycles. The van der Waals surface area contributed by atoms with Gasteiger partial charge in [0.15, 0.2) is 0 Å². The molecule has 1 aliphatic rings. The number of aromatic hydroxyl groups is 2. The molecule has 1 fully saturated rings. The Balaban J connectivity index is 1.71. The van der Waals surface area contributed by atoms with Gasteiger partial charge in [-0.15, -0.1) is 0 Å². The minimum absolute atomic E-state index is 0.102. The smallest absolute Gasteiger partial charge is 0.253 e. The maximum absolute atomic E-state index is 12.8. The van der Waals surface area contributed by atoms with E-state index in [1.54, 1.807) is 45.8 Å². The van der Waals surface area contributed by atoms with Crippen molar-refractivity contribution in [3.63, 3.8) is 0 Å². The number of phenols is 2. The average Bonchev–Trinajstić information content (AvgIpc) is 2.80. The molecule has 27 heavy (non-hydrogen) atoms. The highest BCUT2D eigenvalue weighted by Crippen LogP contribution is 2.16. The Labute approximate surface area is 162 Å². The van der Waals surface area contributed by atoms with Crippen molar-refractivity contribution >= 4 is 23.6 Å². The van der Waals surface area contributed by atoms with Crippen LogP contribution in [0, 0.1) is 0 Å². The van der Waals surface area contributed by atoms with Crippen molar-refractivity contribution < 1.29 is 19.8 Å². The summed E-state index contributed by atoms with van der Waals surface area (Å²) in [4.78, 5) is 29.1. The fourth-order valence-corrected chi connectivity index (χ4v) is 3.80. The molecular formula is C20H22N2O4S. The normalized spacial score (nSPS) is 15.6. The molecule has 1 aliphatic heterocycles. The second-order valence-electron chi connectivity index (χ2n) is 6.29. The number of carbonyl (C=O) groups excluding carboxylic acids is 2. The Morgan fingerprint density at radius 1 is 0.667 bits per heavy atom. The summed E-state index contributed by atoms with van der Waals surface area (Å²) in [5.41, 5.74) is 1.04. The standard InChI is InChI=1S/C20H22N2O4S/c23-17-5-1-15(2-6-17)19(25)21-9-10-22(12-14-27-13-11-21)20(26)16-3-7-18(24)8-4-16/h1-8,23-24H,9-14H2. The molecule has 142 valence electrons. The summed E-state index contributed by atoms with van der Waals surface area (Å²) in [7, 11) is 0. The molecule has 3 rings (SSSR count). The van der Waals surface area contributed by atoms with E-state index in [9.17, 15) is 19.8 Å². The van der Waals surface area contributed by atoms with E-state index in [0.29, 0.717) is 37.3 Å². The van der Waals surface area contributed by atoms with E-state index >= 15 is 0 Å². The van der Waals surface area contributed by atoms with Gasteiger partial charge < -0.3 is 20.0 Å². The Morgan fingerprint density at radius 2 is 1.04 bits per heavy atom. The summed E-state index contributed by atoms with van der Waals surface area (Å²) < 4.78 is 0. The van der Waals surface area contributed by atoms with E-state index in [2.05, 4.69) is 0 Å². The van der Waals surface area contributed by atoms with Crippen LogP contribution in [-0.2, 0) is 0 Å². The lowest BCUT2D eigenvalue weighted by molar-refractivity contribution is 0.0679. The molecule has 2 aromatic carbocycles. The fraction of sp³-hybridized carbons (Fsp3) is 0.300. The van der Waals surface area contributed by atoms with Crippen LogP contribution in [0.5, 0.6) is 11.5 Å². The summed E-state index contributed by atoms with van der Waals surface area (Å²) >= 11 is 1.71. The largest absolute Gasteiger partial charge is 0.508 e. The number of carbonyl (C=O) groups is 2. The van der Waals surface area contributed by atoms with Gasteiger partial charge in [-0.2, -0.15) is 11.8 Å². The molecule has 2 N–H and O–H groups in total. The predicted molar refractivity (Wildman–Crippen MR) is 105 cm³/mol. The SMILES string of the molecule is O=C(c1ccc(O)cc1)N1CCSCCN(C(=O)c2ccc(O)cc2)CC1. The van der Waals surface area contributed by atoms with E-state index in [1.807, 2.05) is 0 Å². The number of hydrogen-bond acceptors (Lipinski definition) is 5. The number of nitrogens with zero attached hydrogens (tertiary/aromatic N) is 2. The van der Waals surface area contributed by atoms with Crippen molar-refractivity contribution in [1.29, 1.82) is 0 Å². The van der Waals surface area contributed by atoms with E-state index in [1.165, 1.54) is 24.3 Å². The van der Waals surface area contributed by atoms with Crippen molar-refractivity contribution in [3.05, 3.63) is 59.7 Å². The summed E-state index contributed by atoms with van der Waals surface area (Å²) in [6.07, 6.45) is 0. The monoisotopic (exact) mass is 386 g/mol. The van der Waals surface area contributed by atoms with Gasteiger partial charge in [0.2, 0.25) is 0 Å². The molecule has 0 atom stereocenters. The quantitative estimate of drug-likeness (QED) is 0.829. The zero-order chi connectivity index (χ0) is 19.2. The van der Waals surface area contributed by atoms with Crippen LogP contribution in [0.1, 0.15) is 20.7 Å². The summed E-state index contributed by atoms with van der Waals surface area (Å²) in [6.45, 7) is 2.13. The second kappa shape index (κ2) is 8.81. The second-order valence-corrected chi connectivity index (χ2v) is 7.52. The molecule has 1 heterocycles. The maximum atomic E-state index is 12.8. The zero-order valence-corrected chi connectivity index (χ0v) is 15.7. The van der Waals surface area contributed by atoms with Crippen LogP contribution >= 0.6 is 11.8 Å². The van der Waals surface area contributed by atoms with Gasteiger partial charge in [0, 0.05) is 48.8 Å². The molecule has 0 aliphatic carbocycles. The van der Waals surface area contributed by atoms with Crippen LogP contribution in [0.2, 0.25) is 0 Å². The van der Waals surface area contributed by atoms with Gasteiger partial charge in [-0.3, -0.25) is 9.59 Å². The molecule has 0 bridgehead atoms. The number of phenolic OH excluding ortho intramolecular Hbond substituents is 2. The molecule has 0 radical (unpaired) electrons. The molecule has 0 spiro atoms. The molecule has 2 aromatic rings. The molecule has 0 unspecified atom stereocenters. The van der Waals surface area contributed by atoms with E-state index in [4.69, 9.17) is 0 Å². The third-order valence-corrected chi connectivity index (χ3v) is 5.40. The van der Waals surface area contributed by atoms with Gasteiger partial charge in [-0.05, 0) is 48.5 Å². The molecule has 0 saturated carbocycles. The van der Waals surface area contributed by atoms with Crippen molar-refractivity contribution in [2.45, 2.75) is 0 Å². The lowest BCUT2D eigenvalue weighted by Gasteiger charge is -2.26. The van der Waals surface area contributed by atoms with Crippen LogP contribution < -0.4 is 0 Å². The first kappa shape index (κ1) is 19.1. The lowest BCUT2D eigenvalue weighted by atomic mass is 10.1. The zero-order valence-electron chi connectivity index (χ0n) is 14.9. The highest BCUT2D eigenvalue weighted by Gasteiger charge is 2.21. The minimum Gasteiger partial charge on any atom is -0.508 e. The van der Waals surface area contributed by atoms with Crippen LogP contribution in [0.15, 0.2) is 48.5 Å². The Bertz CT molecular complexity index is 725. The van der Waals surface area contributed by atoms with Gasteiger partial charge in [-0.25, -0.2) is 0 Å². The number of thioether (sulfide) groups is 1. The van der Waals surface area contributed by atoms with Crippen LogP contribution in [0.25, 0.3) is 0 Å². The van der Waals surface area contributed by atoms with Gasteiger partial charge in [0.25, 0.3) is 11.8 Å². The first-order valence-electron chi connectivity index (χ1n) is 8.79. The molecule has 6 nitrogen and oxygen atoms in total. The number of amides is 2. The number of rotatable bonds is 2. The third kappa shape index (κ3) is 4.95. The van der Waals surface area contributed by atoms with Gasteiger partial charge in [0.1, 0.15) is 11.5 Å². The van der Waals surface area contributed by atoms with Crippen molar-refractivity contribution in [2.24, 2.45) is 0 Å². The lowest BCUT2D eigenvalue weighted by Crippen LogP contribution is -2.41. The number of benzene rings is 2. The summed E-state index contributed by atoms with van der Waals surface area (Å²) in [5.74, 6) is 1.66. The van der Waals surface area contributed by atoms with Crippen LogP contribution in [0.3, 0.4) is 0 Å². The van der Waals surface area contributed by atoms with Gasteiger partial charge in [-0.1, -0.05) is 0 Å². The molecule has 1 saturated heterocycles. The highest BCUT2D eigenvalue weighted by molar-refractivity contribution is 7.99. The molecule has 7 heteroatoms. The number of hydrogen-bond donors (Lipinski definition) is 2. The van der Waals surface area contributed by atoms with Crippen LogP contribution in [-0.4, -0.2) is 69.5 Å². The summed E-state index contributed by atoms with van der Waals surface area (Å²) in [6, 6.07) is 12.4. The van der Waals surface area contributed by atoms with E-state index in [0.717, 1.165) is 11.5 Å². The molecule has 2 amide bonds. The van der Waals surface area contributed by atoms with Crippen molar-refractivity contribution in [1.82, 2.24) is 9.80 Å². The first-order valence-corrected chi connectivity index (χ1v) is 9.94. The minimum atomic E-state index is -0.102. The predicted octanol–water partition coefficient (Wildman–Crippen LogP) is 2.43. The Hall–Kier alpha value is -2.67. The van der Waals surface area contributed by atoms with E-state index in [-0.39, 0.29) is 23.3 Å². The van der Waals surface area contributed by atoms with E-state index < -0.39 is 0 Å². The fourth-order valence-electron chi connectivity index (χ4n) is 2.90. The maximum Gasteiger partial charge on any atom is 0.253 e. The van der Waals surface area contributed by atoms with Gasteiger partial charge >= 0.3 is 0 Å². The summed E-state index contributed by atoms with van der Waals surface area (Å²) in [5, 5.41) is 18.8.